The van der Waals surface area contributed by atoms with E-state index in [4.69, 9.17) is 9.47 Å². The van der Waals surface area contributed by atoms with Gasteiger partial charge in [0.25, 0.3) is 11.5 Å². The molecule has 0 spiro atoms. The van der Waals surface area contributed by atoms with Crippen LogP contribution in [0.15, 0.2) is 35.1 Å². The van der Waals surface area contributed by atoms with E-state index in [1.54, 1.807) is 16.7 Å². The highest BCUT2D eigenvalue weighted by Gasteiger charge is 2.31. The number of carbonyl (C=O) groups excluding carboxylic acids is 1. The van der Waals surface area contributed by atoms with Crippen molar-refractivity contribution in [2.75, 3.05) is 50.9 Å². The molecule has 2 fully saturated rings. The second-order valence-corrected chi connectivity index (χ2v) is 8.69. The Morgan fingerprint density at radius 1 is 1.06 bits per heavy atom. The summed E-state index contributed by atoms with van der Waals surface area (Å²) in [5.74, 6) is 0.564. The van der Waals surface area contributed by atoms with Crippen molar-refractivity contribution in [3.8, 4) is 5.75 Å². The molecule has 170 valence electrons. The van der Waals surface area contributed by atoms with Gasteiger partial charge >= 0.3 is 0 Å². The number of amides is 1. The summed E-state index contributed by atoms with van der Waals surface area (Å²) in [7, 11) is 0. The summed E-state index contributed by atoms with van der Waals surface area (Å²) in [4.78, 5) is 30.4. The highest BCUT2D eigenvalue weighted by Crippen LogP contribution is 2.31. The smallest absolute Gasteiger partial charge is 0.259 e. The Morgan fingerprint density at radius 2 is 1.81 bits per heavy atom. The maximum Gasteiger partial charge on any atom is 0.259 e. The van der Waals surface area contributed by atoms with Crippen LogP contribution in [0.1, 0.15) is 28.9 Å². The van der Waals surface area contributed by atoms with Gasteiger partial charge in [-0.25, -0.2) is 4.39 Å². The molecule has 1 aromatic carbocycles. The topological polar surface area (TPSA) is 64.0 Å². The number of anilines is 1. The van der Waals surface area contributed by atoms with Gasteiger partial charge < -0.3 is 23.8 Å². The zero-order chi connectivity index (χ0) is 22.1. The van der Waals surface area contributed by atoms with Gasteiger partial charge in [0.2, 0.25) is 0 Å². The number of ether oxygens (including phenoxy) is 2. The van der Waals surface area contributed by atoms with Crippen LogP contribution in [-0.4, -0.2) is 61.4 Å². The third-order valence-electron chi connectivity index (χ3n) is 6.47. The van der Waals surface area contributed by atoms with Crippen molar-refractivity contribution in [1.82, 2.24) is 9.47 Å². The number of halogens is 1. The number of pyridine rings is 1. The van der Waals surface area contributed by atoms with E-state index < -0.39 is 0 Å². The normalized spacial score (nSPS) is 18.8. The molecule has 1 aliphatic carbocycles. The molecule has 2 aliphatic heterocycles. The van der Waals surface area contributed by atoms with Gasteiger partial charge in [0.05, 0.1) is 19.8 Å². The van der Waals surface area contributed by atoms with E-state index in [0.29, 0.717) is 81.9 Å². The predicted octanol–water partition coefficient (Wildman–Crippen LogP) is 2.31. The second kappa shape index (κ2) is 8.94. The van der Waals surface area contributed by atoms with Gasteiger partial charge in [-0.2, -0.15) is 0 Å². The Hall–Kier alpha value is -2.87. The Morgan fingerprint density at radius 3 is 2.53 bits per heavy atom. The lowest BCUT2D eigenvalue weighted by Gasteiger charge is -2.36. The number of aromatic nitrogens is 1. The summed E-state index contributed by atoms with van der Waals surface area (Å²) in [5.41, 5.74) is 2.02. The highest BCUT2D eigenvalue weighted by molar-refractivity contribution is 5.98. The zero-order valence-electron chi connectivity index (χ0n) is 18.1. The minimum atomic E-state index is -0.259. The molecule has 1 saturated heterocycles. The maximum absolute atomic E-state index is 13.7. The van der Waals surface area contributed by atoms with Gasteiger partial charge in [-0.1, -0.05) is 0 Å². The molecule has 0 atom stereocenters. The largest absolute Gasteiger partial charge is 0.492 e. The number of benzene rings is 1. The molecular weight excluding hydrogens is 413 g/mol. The first-order chi connectivity index (χ1) is 15.6. The molecule has 2 aromatic rings. The number of carbonyl (C=O) groups is 1. The Labute approximate surface area is 186 Å². The summed E-state index contributed by atoms with van der Waals surface area (Å²) in [6.45, 7) is 4.33. The van der Waals surface area contributed by atoms with Crippen LogP contribution in [-0.2, 0) is 17.7 Å². The third kappa shape index (κ3) is 4.37. The molecule has 1 amide bonds. The van der Waals surface area contributed by atoms with Crippen molar-refractivity contribution >= 4 is 11.6 Å². The fraction of sp³-hybridized carbons (Fsp3) is 0.500. The fourth-order valence-electron chi connectivity index (χ4n) is 4.42. The first kappa shape index (κ1) is 21.0. The lowest BCUT2D eigenvalue weighted by atomic mass is 10.1. The summed E-state index contributed by atoms with van der Waals surface area (Å²) in [5, 5.41) is 0. The number of hydrogen-bond acceptors (Lipinski definition) is 5. The van der Waals surface area contributed by atoms with Crippen molar-refractivity contribution in [3.05, 3.63) is 57.8 Å². The molecule has 32 heavy (non-hydrogen) atoms. The molecule has 8 heteroatoms. The molecule has 1 saturated carbocycles. The van der Waals surface area contributed by atoms with Crippen LogP contribution >= 0.6 is 0 Å². The standard InChI is InChI=1S/C24H28FN3O4/c25-18-3-5-19(6-4-18)26-8-10-27(11-9-26)24(30)23-20-7-13-31-14-12-28(20)22(29)15-21(23)32-16-17-1-2-17/h3-6,15,17H,1-2,7-14,16H2. The van der Waals surface area contributed by atoms with Crippen LogP contribution in [0.5, 0.6) is 5.75 Å². The van der Waals surface area contributed by atoms with Crippen LogP contribution < -0.4 is 15.2 Å². The van der Waals surface area contributed by atoms with E-state index in [1.807, 2.05) is 4.90 Å². The van der Waals surface area contributed by atoms with Gasteiger partial charge in [0, 0.05) is 56.6 Å². The van der Waals surface area contributed by atoms with Crippen LogP contribution in [0.4, 0.5) is 10.1 Å². The molecule has 0 N–H and O–H groups in total. The number of hydrogen-bond donors (Lipinski definition) is 0. The Bertz CT molecular complexity index is 1040. The van der Waals surface area contributed by atoms with E-state index in [2.05, 4.69) is 4.90 Å². The summed E-state index contributed by atoms with van der Waals surface area (Å²) in [6.07, 6.45) is 2.77. The lowest BCUT2D eigenvalue weighted by molar-refractivity contribution is 0.0739. The van der Waals surface area contributed by atoms with Crippen LogP contribution in [0.3, 0.4) is 0 Å². The van der Waals surface area contributed by atoms with Crippen molar-refractivity contribution in [2.24, 2.45) is 5.92 Å². The monoisotopic (exact) mass is 441 g/mol. The minimum absolute atomic E-state index is 0.0970. The van der Waals surface area contributed by atoms with Crippen molar-refractivity contribution in [3.63, 3.8) is 0 Å². The summed E-state index contributed by atoms with van der Waals surface area (Å²) >= 11 is 0. The maximum atomic E-state index is 13.7. The van der Waals surface area contributed by atoms with E-state index in [-0.39, 0.29) is 17.3 Å². The van der Waals surface area contributed by atoms with Crippen LogP contribution in [0, 0.1) is 11.7 Å². The number of rotatable bonds is 5. The van der Waals surface area contributed by atoms with E-state index in [1.165, 1.54) is 18.2 Å². The summed E-state index contributed by atoms with van der Waals surface area (Å²) in [6, 6.07) is 7.91. The van der Waals surface area contributed by atoms with Crippen LogP contribution in [0.25, 0.3) is 0 Å². The minimum Gasteiger partial charge on any atom is -0.492 e. The van der Waals surface area contributed by atoms with Crippen molar-refractivity contribution in [1.29, 1.82) is 0 Å². The molecule has 0 bridgehead atoms. The number of fused-ring (bicyclic) bond motifs is 1. The molecule has 7 nitrogen and oxygen atoms in total. The molecule has 5 rings (SSSR count). The zero-order valence-corrected chi connectivity index (χ0v) is 18.1. The lowest BCUT2D eigenvalue weighted by Crippen LogP contribution is -2.49. The van der Waals surface area contributed by atoms with Gasteiger partial charge in [0.1, 0.15) is 17.1 Å². The first-order valence-corrected chi connectivity index (χ1v) is 11.4. The molecular formula is C24H28FN3O4. The average molecular weight is 442 g/mol. The second-order valence-electron chi connectivity index (χ2n) is 8.69. The molecule has 3 heterocycles. The predicted molar refractivity (Wildman–Crippen MR) is 118 cm³/mol. The average Bonchev–Trinajstić information content (AvgIpc) is 3.65. The molecule has 0 unspecified atom stereocenters. The van der Waals surface area contributed by atoms with Gasteiger partial charge in [-0.15, -0.1) is 0 Å². The van der Waals surface area contributed by atoms with Gasteiger partial charge in [-0.05, 0) is 43.0 Å². The fourth-order valence-corrected chi connectivity index (χ4v) is 4.42. The van der Waals surface area contributed by atoms with E-state index in [9.17, 15) is 14.0 Å². The number of piperazine rings is 1. The third-order valence-corrected chi connectivity index (χ3v) is 6.47. The van der Waals surface area contributed by atoms with E-state index >= 15 is 0 Å². The quantitative estimate of drug-likeness (QED) is 0.713. The van der Waals surface area contributed by atoms with E-state index in [0.717, 1.165) is 18.5 Å². The Kier molecular flexibility index (Phi) is 5.87. The summed E-state index contributed by atoms with van der Waals surface area (Å²) < 4.78 is 26.5. The van der Waals surface area contributed by atoms with Crippen molar-refractivity contribution in [2.45, 2.75) is 25.8 Å². The van der Waals surface area contributed by atoms with Gasteiger partial charge in [-0.3, -0.25) is 9.59 Å². The molecule has 0 radical (unpaired) electrons. The SMILES string of the molecule is O=C(c1c(OCC2CC2)cc(=O)n2c1CCOCC2)N1CCN(c2ccc(F)cc2)CC1. The molecule has 1 aromatic heterocycles. The Balaban J connectivity index is 1.39. The molecule has 3 aliphatic rings. The first-order valence-electron chi connectivity index (χ1n) is 11.4. The van der Waals surface area contributed by atoms with Crippen molar-refractivity contribution < 1.29 is 18.7 Å². The highest BCUT2D eigenvalue weighted by atomic mass is 19.1. The van der Waals surface area contributed by atoms with Crippen LogP contribution in [0.2, 0.25) is 0 Å². The number of nitrogens with zero attached hydrogens (tertiary/aromatic N) is 3. The van der Waals surface area contributed by atoms with Gasteiger partial charge in [0.15, 0.2) is 0 Å².